The number of alkyl halides is 3. The van der Waals surface area contributed by atoms with E-state index in [-0.39, 0.29) is 18.2 Å². The Morgan fingerprint density at radius 2 is 1.48 bits per heavy atom. The molecule has 0 aliphatic carbocycles. The lowest BCUT2D eigenvalue weighted by atomic mass is 9.93. The quantitative estimate of drug-likeness (QED) is 0.141. The normalized spacial score (nSPS) is 14.7. The Bertz CT molecular complexity index is 1580. The summed E-state index contributed by atoms with van der Waals surface area (Å²) in [6, 6.07) is 26.4. The molecular weight excluding hydrogens is 589 g/mol. The number of esters is 1. The van der Waals surface area contributed by atoms with Gasteiger partial charge in [0.1, 0.15) is 6.04 Å². The van der Waals surface area contributed by atoms with Gasteiger partial charge in [0, 0.05) is 48.9 Å². The molecule has 0 N–H and O–H groups in total. The second kappa shape index (κ2) is 13.7. The van der Waals surface area contributed by atoms with Gasteiger partial charge in [-0.2, -0.15) is 13.2 Å². The van der Waals surface area contributed by atoms with Gasteiger partial charge in [0.25, 0.3) is 0 Å². The average molecular weight is 621 g/mol. The molecule has 9 heteroatoms. The number of ether oxygens (including phenoxy) is 1. The van der Waals surface area contributed by atoms with Gasteiger partial charge in [-0.15, -0.1) is 0 Å². The van der Waals surface area contributed by atoms with Crippen LogP contribution in [0.15, 0.2) is 97.1 Å². The standard InChI is InChI=1S/C35H32ClF3N2O3/c1-2-44-34(43)33(26-11-15-28(36)16-12-26)41-21-19-40(20-22-41)29-17-7-24(8-18-29)23-32(42)31-6-4-3-5-30(31)25-9-13-27(14-10-25)35(37,38)39/h3-18,33H,2,19-23H2,1H3. The Labute approximate surface area is 259 Å². The number of piperazine rings is 1. The molecule has 1 fully saturated rings. The number of benzene rings is 4. The number of hydrogen-bond donors (Lipinski definition) is 0. The molecule has 0 bridgehead atoms. The largest absolute Gasteiger partial charge is 0.465 e. The summed E-state index contributed by atoms with van der Waals surface area (Å²) in [4.78, 5) is 30.6. The Morgan fingerprint density at radius 3 is 2.09 bits per heavy atom. The van der Waals surface area contributed by atoms with E-state index in [9.17, 15) is 22.8 Å². The minimum atomic E-state index is -4.42. The fourth-order valence-corrected chi connectivity index (χ4v) is 5.65. The van der Waals surface area contributed by atoms with Crippen LogP contribution in [0.1, 0.15) is 40.0 Å². The minimum Gasteiger partial charge on any atom is -0.465 e. The van der Waals surface area contributed by atoms with Crippen molar-refractivity contribution < 1.29 is 27.5 Å². The molecule has 1 heterocycles. The first kappa shape index (κ1) is 31.3. The van der Waals surface area contributed by atoms with Gasteiger partial charge in [-0.3, -0.25) is 9.69 Å². The number of carbonyl (C=O) groups excluding carboxylic acids is 2. The molecule has 1 aliphatic rings. The molecule has 0 spiro atoms. The van der Waals surface area contributed by atoms with E-state index in [0.717, 1.165) is 28.9 Å². The highest BCUT2D eigenvalue weighted by Crippen LogP contribution is 2.32. The molecule has 1 saturated heterocycles. The summed E-state index contributed by atoms with van der Waals surface area (Å²) < 4.78 is 44.4. The molecule has 0 amide bonds. The first-order valence-electron chi connectivity index (χ1n) is 14.4. The van der Waals surface area contributed by atoms with Crippen molar-refractivity contribution in [1.82, 2.24) is 4.90 Å². The third-order valence-electron chi connectivity index (χ3n) is 7.79. The van der Waals surface area contributed by atoms with Gasteiger partial charge in [-0.05, 0) is 65.6 Å². The minimum absolute atomic E-state index is 0.117. The number of anilines is 1. The van der Waals surface area contributed by atoms with Crippen LogP contribution in [0.25, 0.3) is 11.1 Å². The van der Waals surface area contributed by atoms with Crippen LogP contribution >= 0.6 is 11.6 Å². The van der Waals surface area contributed by atoms with Gasteiger partial charge in [0.05, 0.1) is 12.2 Å². The Morgan fingerprint density at radius 1 is 0.841 bits per heavy atom. The average Bonchev–Trinajstić information content (AvgIpc) is 3.03. The molecule has 0 radical (unpaired) electrons. The third kappa shape index (κ3) is 7.31. The predicted molar refractivity (Wildman–Crippen MR) is 166 cm³/mol. The molecule has 5 nitrogen and oxygen atoms in total. The van der Waals surface area contributed by atoms with Gasteiger partial charge in [-0.1, -0.05) is 72.3 Å². The van der Waals surface area contributed by atoms with E-state index < -0.39 is 17.8 Å². The van der Waals surface area contributed by atoms with Gasteiger partial charge in [0.15, 0.2) is 5.78 Å². The van der Waals surface area contributed by atoms with Crippen LogP contribution in [0.3, 0.4) is 0 Å². The fraction of sp³-hybridized carbons (Fsp3) is 0.257. The topological polar surface area (TPSA) is 49.9 Å². The SMILES string of the molecule is CCOC(=O)C(c1ccc(Cl)cc1)N1CCN(c2ccc(CC(=O)c3ccccc3-c3ccc(C(F)(F)F)cc3)cc2)CC1. The molecule has 1 atom stereocenters. The van der Waals surface area contributed by atoms with Crippen molar-refractivity contribution in [2.24, 2.45) is 0 Å². The first-order chi connectivity index (χ1) is 21.1. The summed E-state index contributed by atoms with van der Waals surface area (Å²) in [7, 11) is 0. The number of rotatable bonds is 9. The van der Waals surface area contributed by atoms with E-state index in [1.54, 1.807) is 43.3 Å². The van der Waals surface area contributed by atoms with Crippen LogP contribution in [-0.2, 0) is 22.1 Å². The van der Waals surface area contributed by atoms with E-state index in [1.165, 1.54) is 12.1 Å². The first-order valence-corrected chi connectivity index (χ1v) is 14.8. The summed E-state index contributed by atoms with van der Waals surface area (Å²) in [6.07, 6.45) is -4.26. The summed E-state index contributed by atoms with van der Waals surface area (Å²) in [5.41, 5.74) is 3.58. The second-order valence-electron chi connectivity index (χ2n) is 10.6. The smallest absolute Gasteiger partial charge is 0.416 e. The van der Waals surface area contributed by atoms with E-state index in [1.807, 2.05) is 36.4 Å². The van der Waals surface area contributed by atoms with Crippen molar-refractivity contribution in [2.45, 2.75) is 25.6 Å². The molecule has 4 aromatic rings. The van der Waals surface area contributed by atoms with Gasteiger partial charge >= 0.3 is 12.1 Å². The fourth-order valence-electron chi connectivity index (χ4n) is 5.52. The van der Waals surface area contributed by atoms with Crippen molar-refractivity contribution >= 4 is 29.0 Å². The van der Waals surface area contributed by atoms with Crippen molar-refractivity contribution in [3.8, 4) is 11.1 Å². The Kier molecular flexibility index (Phi) is 9.71. The lowest BCUT2D eigenvalue weighted by molar-refractivity contribution is -0.150. The maximum Gasteiger partial charge on any atom is 0.416 e. The zero-order valence-corrected chi connectivity index (χ0v) is 24.9. The summed E-state index contributed by atoms with van der Waals surface area (Å²) in [5.74, 6) is -0.397. The van der Waals surface area contributed by atoms with Crippen LogP contribution in [0, 0.1) is 0 Å². The lowest BCUT2D eigenvalue weighted by Crippen LogP contribution is -2.49. The summed E-state index contributed by atoms with van der Waals surface area (Å²) >= 11 is 6.06. The number of carbonyl (C=O) groups is 2. The highest BCUT2D eigenvalue weighted by Gasteiger charge is 2.32. The highest BCUT2D eigenvalue weighted by atomic mass is 35.5. The Balaban J connectivity index is 1.23. The number of Topliss-reactive ketones (excluding diaryl/α,β-unsaturated/α-hetero) is 1. The second-order valence-corrected chi connectivity index (χ2v) is 11.1. The van der Waals surface area contributed by atoms with Gasteiger partial charge in [-0.25, -0.2) is 4.79 Å². The number of hydrogen-bond acceptors (Lipinski definition) is 5. The molecule has 0 aromatic heterocycles. The van der Waals surface area contributed by atoms with Crippen LogP contribution < -0.4 is 4.90 Å². The van der Waals surface area contributed by atoms with Crippen LogP contribution in [0.2, 0.25) is 5.02 Å². The third-order valence-corrected chi connectivity index (χ3v) is 8.04. The highest BCUT2D eigenvalue weighted by molar-refractivity contribution is 6.30. The molecular formula is C35H32ClF3N2O3. The van der Waals surface area contributed by atoms with Gasteiger partial charge in [0.2, 0.25) is 0 Å². The van der Waals surface area contributed by atoms with Crippen molar-refractivity contribution in [3.63, 3.8) is 0 Å². The van der Waals surface area contributed by atoms with Crippen LogP contribution in [-0.4, -0.2) is 49.4 Å². The maximum atomic E-state index is 13.3. The molecule has 1 unspecified atom stereocenters. The van der Waals surface area contributed by atoms with E-state index in [0.29, 0.717) is 54.5 Å². The van der Waals surface area contributed by atoms with Crippen molar-refractivity contribution in [2.75, 3.05) is 37.7 Å². The zero-order valence-electron chi connectivity index (χ0n) is 24.2. The molecule has 4 aromatic carbocycles. The maximum absolute atomic E-state index is 13.3. The summed E-state index contributed by atoms with van der Waals surface area (Å²) in [5, 5.41) is 0.606. The summed E-state index contributed by atoms with van der Waals surface area (Å²) in [6.45, 7) is 4.84. The zero-order chi connectivity index (χ0) is 31.3. The molecule has 1 aliphatic heterocycles. The predicted octanol–water partition coefficient (Wildman–Crippen LogP) is 7.88. The molecule has 0 saturated carbocycles. The van der Waals surface area contributed by atoms with Gasteiger partial charge < -0.3 is 9.64 Å². The lowest BCUT2D eigenvalue weighted by Gasteiger charge is -2.39. The molecule has 5 rings (SSSR count). The van der Waals surface area contributed by atoms with E-state index >= 15 is 0 Å². The number of nitrogens with zero attached hydrogens (tertiary/aromatic N) is 2. The molecule has 228 valence electrons. The van der Waals surface area contributed by atoms with Crippen molar-refractivity contribution in [3.05, 3.63) is 124 Å². The van der Waals surface area contributed by atoms with Crippen LogP contribution in [0.5, 0.6) is 0 Å². The van der Waals surface area contributed by atoms with Crippen molar-refractivity contribution in [1.29, 1.82) is 0 Å². The van der Waals surface area contributed by atoms with E-state index in [4.69, 9.17) is 16.3 Å². The Hall–Kier alpha value is -4.14. The van der Waals surface area contributed by atoms with Crippen LogP contribution in [0.4, 0.5) is 18.9 Å². The van der Waals surface area contributed by atoms with E-state index in [2.05, 4.69) is 9.80 Å². The monoisotopic (exact) mass is 620 g/mol. The number of halogens is 4. The number of ketones is 1. The molecule has 44 heavy (non-hydrogen) atoms.